The molecule has 5 heteroatoms. The molecule has 3 heterocycles. The van der Waals surface area contributed by atoms with E-state index in [0.29, 0.717) is 0 Å². The van der Waals surface area contributed by atoms with Gasteiger partial charge >= 0.3 is 5.97 Å². The zero-order chi connectivity index (χ0) is 20.2. The van der Waals surface area contributed by atoms with Crippen LogP contribution >= 0.6 is 0 Å². The second kappa shape index (κ2) is 6.75. The third-order valence-corrected chi connectivity index (χ3v) is 7.01. The number of pyridine rings is 1. The number of hydrogen-bond donors (Lipinski definition) is 0. The van der Waals surface area contributed by atoms with Crippen molar-refractivity contribution in [2.45, 2.75) is 57.9 Å². The number of fused-ring (bicyclic) bond motifs is 4. The molecule has 1 aromatic heterocycles. The topological polar surface area (TPSA) is 51.5 Å². The average Bonchev–Trinajstić information content (AvgIpc) is 3.20. The summed E-state index contributed by atoms with van der Waals surface area (Å²) in [6.45, 7) is 6.45. The van der Waals surface area contributed by atoms with Crippen molar-refractivity contribution in [3.63, 3.8) is 0 Å². The summed E-state index contributed by atoms with van der Waals surface area (Å²) in [6, 6.07) is 6.26. The molecule has 5 nitrogen and oxygen atoms in total. The van der Waals surface area contributed by atoms with Gasteiger partial charge in [0.25, 0.3) is 0 Å². The summed E-state index contributed by atoms with van der Waals surface area (Å²) in [5, 5.41) is 0. The SMILES string of the molecule is CCOC(=O)c1cn2c(cc1=O)-c1cc(C)c(N3CCCC3)cc1CC21CCC1. The Bertz CT molecular complexity index is 1040. The quantitative estimate of drug-likeness (QED) is 0.740. The highest BCUT2D eigenvalue weighted by atomic mass is 16.5. The Morgan fingerprint density at radius 2 is 1.90 bits per heavy atom. The molecule has 1 spiro atoms. The number of rotatable bonds is 3. The highest BCUT2D eigenvalue weighted by Gasteiger charge is 2.43. The van der Waals surface area contributed by atoms with Gasteiger partial charge in [0.15, 0.2) is 5.43 Å². The zero-order valence-corrected chi connectivity index (χ0v) is 17.3. The van der Waals surface area contributed by atoms with Crippen LogP contribution in [-0.4, -0.2) is 30.2 Å². The van der Waals surface area contributed by atoms with Crippen LogP contribution in [0.25, 0.3) is 11.3 Å². The van der Waals surface area contributed by atoms with Gasteiger partial charge < -0.3 is 14.2 Å². The summed E-state index contributed by atoms with van der Waals surface area (Å²) >= 11 is 0. The lowest BCUT2D eigenvalue weighted by atomic mass is 9.69. The van der Waals surface area contributed by atoms with E-state index >= 15 is 0 Å². The zero-order valence-electron chi connectivity index (χ0n) is 17.3. The molecular formula is C24H28N2O3. The Hall–Kier alpha value is -2.56. The largest absolute Gasteiger partial charge is 0.462 e. The van der Waals surface area contributed by atoms with Crippen molar-refractivity contribution in [2.24, 2.45) is 0 Å². The van der Waals surface area contributed by atoms with E-state index in [1.807, 2.05) is 0 Å². The van der Waals surface area contributed by atoms with Gasteiger partial charge in [-0.1, -0.05) is 0 Å². The van der Waals surface area contributed by atoms with Gasteiger partial charge in [0.05, 0.1) is 12.3 Å². The molecular weight excluding hydrogens is 364 g/mol. The van der Waals surface area contributed by atoms with Crippen LogP contribution in [0.2, 0.25) is 0 Å². The molecule has 5 rings (SSSR count). The standard InChI is InChI=1S/C24H28N2O3/c1-3-29-23(28)19-15-26-21(13-22(19)27)18-11-16(2)20(25-9-4-5-10-25)12-17(18)14-24(26)7-6-8-24/h11-13,15H,3-10,14H2,1-2H3. The molecule has 0 amide bonds. The van der Waals surface area contributed by atoms with E-state index in [1.165, 1.54) is 36.1 Å². The number of nitrogens with zero attached hydrogens (tertiary/aromatic N) is 2. The van der Waals surface area contributed by atoms with Gasteiger partial charge in [0.2, 0.25) is 0 Å². The normalized spacial score (nSPS) is 18.9. The summed E-state index contributed by atoms with van der Waals surface area (Å²) in [5.74, 6) is -0.520. The maximum absolute atomic E-state index is 12.8. The molecule has 1 aliphatic carbocycles. The molecule has 0 atom stereocenters. The molecule has 2 aromatic rings. The van der Waals surface area contributed by atoms with E-state index in [9.17, 15) is 9.59 Å². The van der Waals surface area contributed by atoms with Crippen molar-refractivity contribution in [1.29, 1.82) is 0 Å². The van der Waals surface area contributed by atoms with Crippen molar-refractivity contribution in [3.8, 4) is 11.3 Å². The number of carbonyl (C=O) groups is 1. The van der Waals surface area contributed by atoms with Crippen LogP contribution in [-0.2, 0) is 16.7 Å². The molecule has 2 aliphatic heterocycles. The fourth-order valence-electron chi connectivity index (χ4n) is 5.36. The van der Waals surface area contributed by atoms with E-state index in [4.69, 9.17) is 4.74 Å². The van der Waals surface area contributed by atoms with Crippen LogP contribution in [0.5, 0.6) is 0 Å². The first kappa shape index (κ1) is 18.5. The minimum absolute atomic E-state index is 0.0190. The van der Waals surface area contributed by atoms with Gasteiger partial charge in [-0.05, 0) is 75.6 Å². The number of aromatic nitrogens is 1. The second-order valence-electron chi connectivity index (χ2n) is 8.77. The molecule has 0 radical (unpaired) electrons. The summed E-state index contributed by atoms with van der Waals surface area (Å²) < 4.78 is 7.33. The van der Waals surface area contributed by atoms with Gasteiger partial charge in [0, 0.05) is 42.1 Å². The molecule has 0 bridgehead atoms. The second-order valence-corrected chi connectivity index (χ2v) is 8.77. The lowest BCUT2D eigenvalue weighted by molar-refractivity contribution is 0.0521. The number of carbonyl (C=O) groups excluding carboxylic acids is 1. The Kier molecular flexibility index (Phi) is 4.30. The summed E-state index contributed by atoms with van der Waals surface area (Å²) in [4.78, 5) is 27.6. The number of anilines is 1. The smallest absolute Gasteiger partial charge is 0.343 e. The molecule has 29 heavy (non-hydrogen) atoms. The molecule has 1 saturated carbocycles. The lowest BCUT2D eigenvalue weighted by Gasteiger charge is -2.49. The van der Waals surface area contributed by atoms with Crippen LogP contribution in [0.1, 0.15) is 60.5 Å². The first-order valence-corrected chi connectivity index (χ1v) is 10.9. The Morgan fingerprint density at radius 3 is 2.55 bits per heavy atom. The minimum atomic E-state index is -0.520. The predicted octanol–water partition coefficient (Wildman–Crippen LogP) is 4.04. The van der Waals surface area contributed by atoms with Crippen molar-refractivity contribution in [1.82, 2.24) is 4.57 Å². The highest BCUT2D eigenvalue weighted by Crippen LogP contribution is 2.49. The van der Waals surface area contributed by atoms with Crippen LogP contribution in [0, 0.1) is 6.92 Å². The molecule has 152 valence electrons. The maximum atomic E-state index is 12.8. The average molecular weight is 392 g/mol. The van der Waals surface area contributed by atoms with E-state index < -0.39 is 5.97 Å². The van der Waals surface area contributed by atoms with Gasteiger partial charge in [-0.2, -0.15) is 0 Å². The van der Waals surface area contributed by atoms with Gasteiger partial charge in [-0.25, -0.2) is 4.79 Å². The van der Waals surface area contributed by atoms with Crippen LogP contribution in [0.3, 0.4) is 0 Å². The van der Waals surface area contributed by atoms with Crippen molar-refractivity contribution in [3.05, 3.63) is 51.3 Å². The van der Waals surface area contributed by atoms with E-state index in [1.54, 1.807) is 19.2 Å². The number of aryl methyl sites for hydroxylation is 1. The maximum Gasteiger partial charge on any atom is 0.343 e. The highest BCUT2D eigenvalue weighted by molar-refractivity contribution is 5.89. The molecule has 0 unspecified atom stereocenters. The van der Waals surface area contributed by atoms with E-state index in [2.05, 4.69) is 28.5 Å². The molecule has 3 aliphatic rings. The number of ether oxygens (including phenoxy) is 1. The van der Waals surface area contributed by atoms with Crippen LogP contribution in [0.4, 0.5) is 5.69 Å². The number of hydrogen-bond acceptors (Lipinski definition) is 4. The molecule has 2 fully saturated rings. The Labute approximate surface area is 171 Å². The fourth-order valence-corrected chi connectivity index (χ4v) is 5.36. The van der Waals surface area contributed by atoms with Crippen LogP contribution < -0.4 is 10.3 Å². The lowest BCUT2D eigenvalue weighted by Crippen LogP contribution is -2.46. The summed E-state index contributed by atoms with van der Waals surface area (Å²) in [7, 11) is 0. The molecule has 1 aromatic carbocycles. The molecule has 0 N–H and O–H groups in total. The van der Waals surface area contributed by atoms with E-state index in [0.717, 1.165) is 43.6 Å². The van der Waals surface area contributed by atoms with Crippen molar-refractivity contribution >= 4 is 11.7 Å². The fraction of sp³-hybridized carbons (Fsp3) is 0.500. The minimum Gasteiger partial charge on any atom is -0.462 e. The number of benzene rings is 1. The Balaban J connectivity index is 1.67. The summed E-state index contributed by atoms with van der Waals surface area (Å²) in [6.07, 6.45) is 8.59. The van der Waals surface area contributed by atoms with Gasteiger partial charge in [-0.3, -0.25) is 4.79 Å². The monoisotopic (exact) mass is 392 g/mol. The predicted molar refractivity (Wildman–Crippen MR) is 114 cm³/mol. The third kappa shape index (κ3) is 2.82. The third-order valence-electron chi connectivity index (χ3n) is 7.01. The van der Waals surface area contributed by atoms with Crippen molar-refractivity contribution in [2.75, 3.05) is 24.6 Å². The summed E-state index contributed by atoms with van der Waals surface area (Å²) in [5.41, 5.74) is 5.89. The van der Waals surface area contributed by atoms with Gasteiger partial charge in [0.1, 0.15) is 5.56 Å². The van der Waals surface area contributed by atoms with Gasteiger partial charge in [-0.15, -0.1) is 0 Å². The van der Waals surface area contributed by atoms with E-state index in [-0.39, 0.29) is 23.1 Å². The first-order chi connectivity index (χ1) is 14.0. The number of esters is 1. The van der Waals surface area contributed by atoms with Crippen LogP contribution in [0.15, 0.2) is 29.2 Å². The van der Waals surface area contributed by atoms with Crippen molar-refractivity contribution < 1.29 is 9.53 Å². The Morgan fingerprint density at radius 1 is 1.14 bits per heavy atom. The first-order valence-electron chi connectivity index (χ1n) is 10.9. The molecule has 1 saturated heterocycles.